The highest BCUT2D eigenvalue weighted by atomic mass is 35.5. The van der Waals surface area contributed by atoms with E-state index in [1.54, 1.807) is 35.1 Å². The van der Waals surface area contributed by atoms with Gasteiger partial charge in [0.2, 0.25) is 0 Å². The number of carbonyl (C=O) groups excluding carboxylic acids is 1. The molecule has 0 aliphatic heterocycles. The molecule has 0 radical (unpaired) electrons. The Balaban J connectivity index is 1.43. The van der Waals surface area contributed by atoms with E-state index in [1.807, 2.05) is 12.1 Å². The average molecular weight is 374 g/mol. The number of nitrogens with one attached hydrogen (secondary N) is 1. The Kier molecular flexibility index (Phi) is 5.86. The number of aromatic nitrogens is 2. The van der Waals surface area contributed by atoms with E-state index in [0.717, 1.165) is 5.69 Å². The van der Waals surface area contributed by atoms with Gasteiger partial charge in [0.15, 0.2) is 0 Å². The van der Waals surface area contributed by atoms with E-state index in [9.17, 15) is 9.18 Å². The molecule has 0 unspecified atom stereocenters. The fraction of sp³-hybridized carbons (Fsp3) is 0.158. The minimum atomic E-state index is -0.302. The second kappa shape index (κ2) is 8.49. The van der Waals surface area contributed by atoms with Crippen molar-refractivity contribution < 1.29 is 13.9 Å². The van der Waals surface area contributed by atoms with E-state index in [0.29, 0.717) is 35.9 Å². The molecular weight excluding hydrogens is 357 g/mol. The third kappa shape index (κ3) is 4.83. The molecule has 1 heterocycles. The van der Waals surface area contributed by atoms with Crippen LogP contribution in [0, 0.1) is 5.82 Å². The fourth-order valence-electron chi connectivity index (χ4n) is 2.27. The number of amides is 1. The predicted molar refractivity (Wildman–Crippen MR) is 97.4 cm³/mol. The Morgan fingerprint density at radius 1 is 1.15 bits per heavy atom. The zero-order chi connectivity index (χ0) is 18.4. The lowest BCUT2D eigenvalue weighted by Gasteiger charge is -2.06. The first kappa shape index (κ1) is 17.9. The van der Waals surface area contributed by atoms with Gasteiger partial charge in [0.05, 0.1) is 24.1 Å². The molecule has 1 aromatic heterocycles. The molecule has 0 saturated heterocycles. The monoisotopic (exact) mass is 373 g/mol. The number of carbonyl (C=O) groups is 1. The summed E-state index contributed by atoms with van der Waals surface area (Å²) < 4.78 is 19.9. The third-order valence-corrected chi connectivity index (χ3v) is 3.88. The molecule has 26 heavy (non-hydrogen) atoms. The lowest BCUT2D eigenvalue weighted by molar-refractivity contribution is 0.0951. The minimum Gasteiger partial charge on any atom is -0.494 e. The van der Waals surface area contributed by atoms with Crippen LogP contribution in [-0.2, 0) is 0 Å². The maximum atomic E-state index is 12.8. The van der Waals surface area contributed by atoms with Gasteiger partial charge in [-0.05, 0) is 55.0 Å². The maximum Gasteiger partial charge on any atom is 0.254 e. The molecular formula is C19H17ClFN3O2. The number of ether oxygens (including phenoxy) is 1. The lowest BCUT2D eigenvalue weighted by Crippen LogP contribution is -2.25. The standard InChI is InChI=1S/C19H17ClFN3O2/c20-15-2-6-17(7-3-15)24-13-14(12-23-24)19(25)22-10-1-11-26-18-8-4-16(21)5-9-18/h2-9,12-13H,1,10-11H2,(H,22,25). The van der Waals surface area contributed by atoms with E-state index < -0.39 is 0 Å². The summed E-state index contributed by atoms with van der Waals surface area (Å²) >= 11 is 5.86. The number of hydrogen-bond donors (Lipinski definition) is 1. The number of halogens is 2. The molecule has 3 rings (SSSR count). The van der Waals surface area contributed by atoms with Gasteiger partial charge in [-0.1, -0.05) is 11.6 Å². The summed E-state index contributed by atoms with van der Waals surface area (Å²) in [7, 11) is 0. The van der Waals surface area contributed by atoms with Crippen LogP contribution in [0.2, 0.25) is 5.02 Å². The number of benzene rings is 2. The Bertz CT molecular complexity index is 863. The Hall–Kier alpha value is -2.86. The molecule has 0 spiro atoms. The van der Waals surface area contributed by atoms with Gasteiger partial charge in [-0.3, -0.25) is 4.79 Å². The molecule has 7 heteroatoms. The molecule has 2 aromatic carbocycles. The molecule has 5 nitrogen and oxygen atoms in total. The van der Waals surface area contributed by atoms with Crippen molar-refractivity contribution in [1.29, 1.82) is 0 Å². The first-order chi connectivity index (χ1) is 12.6. The molecule has 0 saturated carbocycles. The zero-order valence-corrected chi connectivity index (χ0v) is 14.6. The molecule has 3 aromatic rings. The van der Waals surface area contributed by atoms with Crippen LogP contribution in [-0.4, -0.2) is 28.8 Å². The van der Waals surface area contributed by atoms with E-state index in [2.05, 4.69) is 10.4 Å². The highest BCUT2D eigenvalue weighted by Gasteiger charge is 2.09. The van der Waals surface area contributed by atoms with Crippen LogP contribution in [0.5, 0.6) is 5.75 Å². The molecule has 0 aliphatic rings. The molecule has 0 atom stereocenters. The number of nitrogens with zero attached hydrogens (tertiary/aromatic N) is 2. The van der Waals surface area contributed by atoms with E-state index in [-0.39, 0.29) is 11.7 Å². The molecule has 134 valence electrons. The molecule has 0 bridgehead atoms. The van der Waals surface area contributed by atoms with Crippen molar-refractivity contribution in [3.8, 4) is 11.4 Å². The van der Waals surface area contributed by atoms with E-state index in [4.69, 9.17) is 16.3 Å². The lowest BCUT2D eigenvalue weighted by atomic mass is 10.3. The van der Waals surface area contributed by atoms with Crippen LogP contribution < -0.4 is 10.1 Å². The van der Waals surface area contributed by atoms with Crippen LogP contribution in [0.4, 0.5) is 4.39 Å². The number of rotatable bonds is 7. The summed E-state index contributed by atoms with van der Waals surface area (Å²) in [5, 5.41) is 7.64. The third-order valence-electron chi connectivity index (χ3n) is 3.62. The molecule has 1 N–H and O–H groups in total. The fourth-order valence-corrected chi connectivity index (χ4v) is 2.40. The highest BCUT2D eigenvalue weighted by molar-refractivity contribution is 6.30. The van der Waals surface area contributed by atoms with Crippen molar-refractivity contribution in [2.24, 2.45) is 0 Å². The Labute approximate surface area is 155 Å². The van der Waals surface area contributed by atoms with Crippen LogP contribution in [0.25, 0.3) is 5.69 Å². The average Bonchev–Trinajstić information content (AvgIpc) is 3.14. The predicted octanol–water partition coefficient (Wildman–Crippen LogP) is 3.86. The van der Waals surface area contributed by atoms with Crippen molar-refractivity contribution in [2.45, 2.75) is 6.42 Å². The van der Waals surface area contributed by atoms with Crippen LogP contribution in [0.15, 0.2) is 60.9 Å². The van der Waals surface area contributed by atoms with Gasteiger partial charge >= 0.3 is 0 Å². The SMILES string of the molecule is O=C(NCCCOc1ccc(F)cc1)c1cnn(-c2ccc(Cl)cc2)c1. The van der Waals surface area contributed by atoms with Crippen LogP contribution in [0.1, 0.15) is 16.8 Å². The summed E-state index contributed by atoms with van der Waals surface area (Å²) in [5.41, 5.74) is 1.29. The maximum absolute atomic E-state index is 12.8. The van der Waals surface area contributed by atoms with Gasteiger partial charge in [-0.15, -0.1) is 0 Å². The summed E-state index contributed by atoms with van der Waals surface area (Å²) in [6.45, 7) is 0.891. The second-order valence-electron chi connectivity index (χ2n) is 5.56. The molecule has 1 amide bonds. The van der Waals surface area contributed by atoms with E-state index in [1.165, 1.54) is 18.3 Å². The van der Waals surface area contributed by atoms with Crippen LogP contribution in [0.3, 0.4) is 0 Å². The van der Waals surface area contributed by atoms with Crippen molar-refractivity contribution in [2.75, 3.05) is 13.2 Å². The van der Waals surface area contributed by atoms with Crippen molar-refractivity contribution in [1.82, 2.24) is 15.1 Å². The summed E-state index contributed by atoms with van der Waals surface area (Å²) in [4.78, 5) is 12.1. The van der Waals surface area contributed by atoms with Gasteiger partial charge in [0.25, 0.3) is 5.91 Å². The van der Waals surface area contributed by atoms with Crippen molar-refractivity contribution in [3.63, 3.8) is 0 Å². The minimum absolute atomic E-state index is 0.202. The van der Waals surface area contributed by atoms with Gasteiger partial charge in [0.1, 0.15) is 11.6 Å². The summed E-state index contributed by atoms with van der Waals surface area (Å²) in [5.74, 6) is 0.0951. The molecule has 0 aliphatic carbocycles. The molecule has 0 fully saturated rings. The summed E-state index contributed by atoms with van der Waals surface area (Å²) in [6.07, 6.45) is 3.81. The zero-order valence-electron chi connectivity index (χ0n) is 13.9. The van der Waals surface area contributed by atoms with Crippen molar-refractivity contribution in [3.05, 3.63) is 77.3 Å². The Morgan fingerprint density at radius 3 is 2.62 bits per heavy atom. The Morgan fingerprint density at radius 2 is 1.88 bits per heavy atom. The second-order valence-corrected chi connectivity index (χ2v) is 6.00. The first-order valence-electron chi connectivity index (χ1n) is 8.09. The summed E-state index contributed by atoms with van der Waals surface area (Å²) in [6, 6.07) is 13.0. The highest BCUT2D eigenvalue weighted by Crippen LogP contribution is 2.13. The number of hydrogen-bond acceptors (Lipinski definition) is 3. The topological polar surface area (TPSA) is 56.1 Å². The van der Waals surface area contributed by atoms with Gasteiger partial charge < -0.3 is 10.1 Å². The van der Waals surface area contributed by atoms with Gasteiger partial charge in [0, 0.05) is 17.8 Å². The van der Waals surface area contributed by atoms with Gasteiger partial charge in [-0.25, -0.2) is 9.07 Å². The van der Waals surface area contributed by atoms with Crippen LogP contribution >= 0.6 is 11.6 Å². The quantitative estimate of drug-likeness (QED) is 0.640. The normalized spacial score (nSPS) is 10.5. The largest absolute Gasteiger partial charge is 0.494 e. The van der Waals surface area contributed by atoms with E-state index >= 15 is 0 Å². The van der Waals surface area contributed by atoms with Gasteiger partial charge in [-0.2, -0.15) is 5.10 Å². The van der Waals surface area contributed by atoms with Crippen molar-refractivity contribution >= 4 is 17.5 Å². The smallest absolute Gasteiger partial charge is 0.254 e. The first-order valence-corrected chi connectivity index (χ1v) is 8.47.